The van der Waals surface area contributed by atoms with E-state index in [-0.39, 0.29) is 24.6 Å². The van der Waals surface area contributed by atoms with Crippen LogP contribution in [0.15, 0.2) is 53.5 Å². The van der Waals surface area contributed by atoms with Crippen molar-refractivity contribution in [2.45, 2.75) is 38.1 Å². The lowest BCUT2D eigenvalue weighted by Gasteiger charge is -2.36. The number of amides is 2. The van der Waals surface area contributed by atoms with Gasteiger partial charge < -0.3 is 24.6 Å². The highest BCUT2D eigenvalue weighted by molar-refractivity contribution is 5.99. The normalized spacial score (nSPS) is 18.5. The number of halogens is 3. The second-order valence-electron chi connectivity index (χ2n) is 9.29. The summed E-state index contributed by atoms with van der Waals surface area (Å²) in [5.41, 5.74) is -1.26. The molecule has 2 aliphatic heterocycles. The highest BCUT2D eigenvalue weighted by Gasteiger charge is 2.40. The molecule has 0 aliphatic carbocycles. The summed E-state index contributed by atoms with van der Waals surface area (Å²) in [4.78, 5) is 41.5. The van der Waals surface area contributed by atoms with E-state index in [1.807, 2.05) is 0 Å². The molecule has 3 heterocycles. The largest absolute Gasteiger partial charge is 0.483 e. The Hall–Kier alpha value is -4.12. The third-order valence-corrected chi connectivity index (χ3v) is 6.82. The lowest BCUT2D eigenvalue weighted by molar-refractivity contribution is 0.0554. The van der Waals surface area contributed by atoms with Crippen molar-refractivity contribution >= 4 is 11.8 Å². The highest BCUT2D eigenvalue weighted by atomic mass is 19.1. The zero-order valence-electron chi connectivity index (χ0n) is 20.1. The van der Waals surface area contributed by atoms with Crippen molar-refractivity contribution in [1.82, 2.24) is 14.8 Å². The fraction of sp³-hybridized carbons (Fsp3) is 0.296. The summed E-state index contributed by atoms with van der Waals surface area (Å²) in [6.45, 7) is -0.144. The summed E-state index contributed by atoms with van der Waals surface area (Å²) in [5, 5.41) is 13.1. The number of pyridine rings is 1. The van der Waals surface area contributed by atoms with E-state index >= 15 is 0 Å². The second-order valence-corrected chi connectivity index (χ2v) is 9.29. The van der Waals surface area contributed by atoms with E-state index in [0.717, 1.165) is 0 Å². The molecule has 0 radical (unpaired) electrons. The summed E-state index contributed by atoms with van der Waals surface area (Å²) in [6, 6.07) is 9.23. The first-order valence-corrected chi connectivity index (χ1v) is 12.1. The van der Waals surface area contributed by atoms with E-state index < -0.39 is 64.5 Å². The van der Waals surface area contributed by atoms with Gasteiger partial charge in [-0.1, -0.05) is 30.3 Å². The molecule has 2 aromatic carbocycles. The van der Waals surface area contributed by atoms with Gasteiger partial charge in [-0.2, -0.15) is 0 Å². The number of nitrogens with zero attached hydrogens (tertiary/aromatic N) is 2. The number of fused-ring (bicyclic) bond motifs is 4. The van der Waals surface area contributed by atoms with Crippen LogP contribution in [0.3, 0.4) is 0 Å². The monoisotopic (exact) mass is 527 g/mol. The van der Waals surface area contributed by atoms with Gasteiger partial charge in [-0.25, -0.2) is 13.2 Å². The van der Waals surface area contributed by atoms with Crippen molar-refractivity contribution < 1.29 is 32.6 Å². The Morgan fingerprint density at radius 1 is 1.11 bits per heavy atom. The van der Waals surface area contributed by atoms with Gasteiger partial charge >= 0.3 is 0 Å². The van der Waals surface area contributed by atoms with Crippen LogP contribution in [0.5, 0.6) is 5.75 Å². The Bertz CT molecular complexity index is 1440. The first kappa shape index (κ1) is 25.5. The molecule has 198 valence electrons. The Labute approximate surface area is 215 Å². The number of rotatable bonds is 6. The topological polar surface area (TPSA) is 101 Å². The van der Waals surface area contributed by atoms with Crippen molar-refractivity contribution in [2.24, 2.45) is 0 Å². The molecular weight excluding hydrogens is 503 g/mol. The van der Waals surface area contributed by atoms with Gasteiger partial charge in [0.2, 0.25) is 5.43 Å². The smallest absolute Gasteiger partial charge is 0.274 e. The van der Waals surface area contributed by atoms with Crippen LogP contribution < -0.4 is 15.5 Å². The van der Waals surface area contributed by atoms with Crippen LogP contribution in [0.4, 0.5) is 13.2 Å². The summed E-state index contributed by atoms with van der Waals surface area (Å²) in [5.74, 6) is -5.28. The van der Waals surface area contributed by atoms with Crippen molar-refractivity contribution in [3.63, 3.8) is 0 Å². The summed E-state index contributed by atoms with van der Waals surface area (Å²) < 4.78 is 48.6. The molecule has 0 unspecified atom stereocenters. The molecule has 0 spiro atoms. The minimum absolute atomic E-state index is 0.0688. The van der Waals surface area contributed by atoms with E-state index in [0.29, 0.717) is 37.1 Å². The molecule has 38 heavy (non-hydrogen) atoms. The molecule has 2 bridgehead atoms. The standard InChI is InChI=1S/C27H24F3N3O5/c28-16-9-19(29)17(20(30)10-16)11-31-26(36)18-12-33-21-13-32(8-4-7-22(21)34)27(37)23(33)25(24(18)35)38-14-15-5-2-1-3-6-15/h1-3,5-6,9-10,12,21-22,34H,4,7-8,11,13-14H2,(H,31,36)/t21-,22-/m1/s1. The lowest BCUT2D eigenvalue weighted by atomic mass is 10.0. The Morgan fingerprint density at radius 2 is 1.82 bits per heavy atom. The second kappa shape index (κ2) is 10.3. The molecule has 0 saturated carbocycles. The van der Waals surface area contributed by atoms with Gasteiger partial charge in [0.25, 0.3) is 11.8 Å². The number of aromatic nitrogens is 1. The first-order valence-electron chi connectivity index (χ1n) is 12.1. The number of carbonyl (C=O) groups is 2. The zero-order chi connectivity index (χ0) is 27.0. The Morgan fingerprint density at radius 3 is 2.53 bits per heavy atom. The molecule has 3 aromatic rings. The molecule has 8 nitrogen and oxygen atoms in total. The zero-order valence-corrected chi connectivity index (χ0v) is 20.1. The van der Waals surface area contributed by atoms with E-state index in [4.69, 9.17) is 4.74 Å². The van der Waals surface area contributed by atoms with Crippen LogP contribution in [0.2, 0.25) is 0 Å². The molecular formula is C27H24F3N3O5. The maximum Gasteiger partial charge on any atom is 0.274 e. The number of carbonyl (C=O) groups excluding carboxylic acids is 2. The molecule has 1 fully saturated rings. The highest BCUT2D eigenvalue weighted by Crippen LogP contribution is 2.33. The van der Waals surface area contributed by atoms with Gasteiger partial charge in [-0.05, 0) is 18.4 Å². The van der Waals surface area contributed by atoms with Crippen LogP contribution in [0.25, 0.3) is 0 Å². The lowest BCUT2D eigenvalue weighted by Crippen LogP contribution is -2.47. The molecule has 1 aromatic heterocycles. The number of hydrogen-bond acceptors (Lipinski definition) is 5. The van der Waals surface area contributed by atoms with E-state index in [1.54, 1.807) is 35.2 Å². The average molecular weight is 527 g/mol. The minimum atomic E-state index is -1.19. The first-order chi connectivity index (χ1) is 18.2. The SMILES string of the molecule is O=C(NCc1c(F)cc(F)cc1F)c1cn2c(c(OCc3ccccc3)c1=O)C(=O)N1CCC[C@@H](O)[C@H]2C1. The van der Waals surface area contributed by atoms with Crippen LogP contribution in [-0.2, 0) is 13.2 Å². The summed E-state index contributed by atoms with van der Waals surface area (Å²) >= 11 is 0. The molecule has 2 atom stereocenters. The predicted molar refractivity (Wildman–Crippen MR) is 129 cm³/mol. The molecule has 5 rings (SSSR count). The number of aliphatic hydroxyl groups excluding tert-OH is 1. The average Bonchev–Trinajstić information content (AvgIpc) is 3.06. The Balaban J connectivity index is 1.55. The molecule has 1 saturated heterocycles. The number of benzene rings is 2. The molecule has 2 N–H and O–H groups in total. The van der Waals surface area contributed by atoms with Gasteiger partial charge in [-0.15, -0.1) is 0 Å². The van der Waals surface area contributed by atoms with E-state index in [2.05, 4.69) is 5.32 Å². The third-order valence-electron chi connectivity index (χ3n) is 6.82. The third kappa shape index (κ3) is 4.76. The molecule has 11 heteroatoms. The predicted octanol–water partition coefficient (Wildman–Crippen LogP) is 2.93. The fourth-order valence-electron chi connectivity index (χ4n) is 4.84. The van der Waals surface area contributed by atoms with E-state index in [9.17, 15) is 32.7 Å². The van der Waals surface area contributed by atoms with Crippen molar-refractivity contribution in [2.75, 3.05) is 13.1 Å². The quantitative estimate of drug-likeness (QED) is 0.514. The van der Waals surface area contributed by atoms with Gasteiger partial charge in [0.1, 0.15) is 29.6 Å². The van der Waals surface area contributed by atoms with Crippen LogP contribution in [0, 0.1) is 17.5 Å². The van der Waals surface area contributed by atoms with Gasteiger partial charge in [0.15, 0.2) is 11.4 Å². The van der Waals surface area contributed by atoms with Crippen LogP contribution >= 0.6 is 0 Å². The number of ether oxygens (including phenoxy) is 1. The maximum atomic E-state index is 14.1. The van der Waals surface area contributed by atoms with Crippen molar-refractivity contribution in [1.29, 1.82) is 0 Å². The number of nitrogens with one attached hydrogen (secondary N) is 1. The fourth-order valence-corrected chi connectivity index (χ4v) is 4.84. The summed E-state index contributed by atoms with van der Waals surface area (Å²) in [7, 11) is 0. The van der Waals surface area contributed by atoms with Gasteiger partial charge in [0.05, 0.1) is 12.1 Å². The summed E-state index contributed by atoms with van der Waals surface area (Å²) in [6.07, 6.45) is 1.29. The Kier molecular flexibility index (Phi) is 6.94. The minimum Gasteiger partial charge on any atom is -0.483 e. The van der Waals surface area contributed by atoms with E-state index in [1.165, 1.54) is 10.8 Å². The van der Waals surface area contributed by atoms with Gasteiger partial charge in [-0.3, -0.25) is 14.4 Å². The van der Waals surface area contributed by atoms with Crippen LogP contribution in [-0.4, -0.2) is 45.6 Å². The van der Waals surface area contributed by atoms with Crippen molar-refractivity contribution in [3.8, 4) is 5.75 Å². The molecule has 2 aliphatic rings. The maximum absolute atomic E-state index is 14.1. The van der Waals surface area contributed by atoms with Crippen molar-refractivity contribution in [3.05, 3.63) is 98.7 Å². The molecule has 2 amide bonds. The number of hydrogen-bond donors (Lipinski definition) is 2. The van der Waals surface area contributed by atoms with Crippen LogP contribution in [0.1, 0.15) is 50.9 Å². The van der Waals surface area contributed by atoms with Gasteiger partial charge in [0, 0.05) is 43.5 Å². The number of aliphatic hydroxyl groups is 1.